The molecule has 7 heteroatoms. The summed E-state index contributed by atoms with van der Waals surface area (Å²) in [5.41, 5.74) is 6.21. The number of aliphatic hydroxyl groups is 1. The van der Waals surface area contributed by atoms with Crippen molar-refractivity contribution in [2.45, 2.75) is 24.9 Å². The molecule has 4 N–H and O–H groups in total. The molecule has 0 radical (unpaired) electrons. The van der Waals surface area contributed by atoms with Crippen molar-refractivity contribution in [3.63, 3.8) is 0 Å². The van der Waals surface area contributed by atoms with Crippen molar-refractivity contribution >= 4 is 45.1 Å². The highest BCUT2D eigenvalue weighted by atomic mass is 127. The Balaban J connectivity index is 2.26. The summed E-state index contributed by atoms with van der Waals surface area (Å²) in [6, 6.07) is 1.90. The van der Waals surface area contributed by atoms with Gasteiger partial charge in [0.05, 0.1) is 23.4 Å². The summed E-state index contributed by atoms with van der Waals surface area (Å²) < 4.78 is 0.869. The number of halogens is 1. The van der Waals surface area contributed by atoms with Gasteiger partial charge in [-0.2, -0.15) is 0 Å². The second-order valence-corrected chi connectivity index (χ2v) is 6.27. The Hall–Kier alpha value is -1.48. The molecule has 1 aliphatic carbocycles. The first-order valence-corrected chi connectivity index (χ1v) is 7.68. The number of amides is 1. The van der Waals surface area contributed by atoms with E-state index in [0.717, 1.165) is 27.2 Å². The van der Waals surface area contributed by atoms with Crippen molar-refractivity contribution in [3.05, 3.63) is 27.2 Å². The van der Waals surface area contributed by atoms with Crippen LogP contribution in [-0.4, -0.2) is 28.0 Å². The van der Waals surface area contributed by atoms with Gasteiger partial charge in [0.2, 0.25) is 5.91 Å². The third-order valence-electron chi connectivity index (χ3n) is 3.99. The van der Waals surface area contributed by atoms with Crippen LogP contribution in [0.5, 0.6) is 0 Å². The Morgan fingerprint density at radius 3 is 2.76 bits per heavy atom. The van der Waals surface area contributed by atoms with Gasteiger partial charge >= 0.3 is 0 Å². The molecule has 21 heavy (non-hydrogen) atoms. The second kappa shape index (κ2) is 5.06. The fourth-order valence-electron chi connectivity index (χ4n) is 2.54. The molecule has 110 valence electrons. The number of nitrogens with one attached hydrogen (secondary N) is 1. The van der Waals surface area contributed by atoms with Gasteiger partial charge < -0.3 is 16.2 Å². The summed E-state index contributed by atoms with van der Waals surface area (Å²) >= 11 is 2.16. The lowest BCUT2D eigenvalue weighted by Crippen LogP contribution is -2.29. The summed E-state index contributed by atoms with van der Waals surface area (Å²) in [6.07, 6.45) is 3.21. The zero-order chi connectivity index (χ0) is 15.2. The largest absolute Gasteiger partial charge is 0.390 e. The number of hydrogen-bond acceptors (Lipinski definition) is 5. The molecule has 1 aliphatic rings. The average Bonchev–Trinajstić information content (AvgIpc) is 3.29. The maximum absolute atomic E-state index is 11.7. The minimum atomic E-state index is -0.611. The number of fused-ring (bicyclic) bond motifs is 1. The zero-order valence-electron chi connectivity index (χ0n) is 11.5. The van der Waals surface area contributed by atoms with Gasteiger partial charge in [0.15, 0.2) is 0 Å². The maximum atomic E-state index is 11.7. The van der Waals surface area contributed by atoms with Crippen LogP contribution < -0.4 is 11.1 Å². The molecular formula is C14H15IN4O2. The predicted octanol–water partition coefficient (Wildman–Crippen LogP) is 1.29. The molecule has 0 aromatic carbocycles. The fraction of sp³-hybridized carbons (Fsp3) is 0.357. The Kier molecular flexibility index (Phi) is 3.48. The number of aromatic nitrogens is 2. The van der Waals surface area contributed by atoms with Crippen molar-refractivity contribution in [1.29, 1.82) is 0 Å². The Labute approximate surface area is 135 Å². The minimum absolute atomic E-state index is 0.137. The van der Waals surface area contributed by atoms with E-state index in [0.29, 0.717) is 17.2 Å². The third kappa shape index (κ3) is 2.15. The number of nitrogens with zero attached hydrogens (tertiary/aromatic N) is 2. The van der Waals surface area contributed by atoms with E-state index in [9.17, 15) is 9.90 Å². The summed E-state index contributed by atoms with van der Waals surface area (Å²) in [7, 11) is 1.77. The second-order valence-electron chi connectivity index (χ2n) is 5.19. The van der Waals surface area contributed by atoms with Crippen molar-refractivity contribution in [3.8, 4) is 0 Å². The summed E-state index contributed by atoms with van der Waals surface area (Å²) in [5.74, 6) is 0.340. The van der Waals surface area contributed by atoms with E-state index in [2.05, 4.69) is 37.9 Å². The molecule has 2 aromatic heterocycles. The minimum Gasteiger partial charge on any atom is -0.390 e. The molecule has 1 fully saturated rings. The van der Waals surface area contributed by atoms with Crippen LogP contribution in [0.3, 0.4) is 0 Å². The standard InChI is InChI=1S/C14H15IN4O2/c1-17-12-8-5-18-10(14(2-3-14)13(16)21)4-7(8)11(15)9(6-20)19-12/h4-5,20H,2-3,6H2,1H3,(H2,16,21)(H,17,19). The van der Waals surface area contributed by atoms with Gasteiger partial charge in [-0.1, -0.05) is 0 Å². The van der Waals surface area contributed by atoms with E-state index in [1.807, 2.05) is 6.07 Å². The van der Waals surface area contributed by atoms with Gasteiger partial charge in [-0.25, -0.2) is 4.98 Å². The molecule has 3 rings (SSSR count). The fourth-order valence-corrected chi connectivity index (χ4v) is 3.27. The number of pyridine rings is 2. The van der Waals surface area contributed by atoms with E-state index in [-0.39, 0.29) is 12.5 Å². The Morgan fingerprint density at radius 1 is 1.52 bits per heavy atom. The highest BCUT2D eigenvalue weighted by Gasteiger charge is 2.51. The first-order valence-electron chi connectivity index (χ1n) is 6.60. The quantitative estimate of drug-likeness (QED) is 0.674. The lowest BCUT2D eigenvalue weighted by atomic mass is 9.99. The number of primary amides is 1. The van der Waals surface area contributed by atoms with Gasteiger partial charge in [-0.15, -0.1) is 0 Å². The highest BCUT2D eigenvalue weighted by molar-refractivity contribution is 14.1. The molecule has 0 saturated heterocycles. The van der Waals surface area contributed by atoms with Crippen molar-refractivity contribution in [2.24, 2.45) is 5.73 Å². The van der Waals surface area contributed by atoms with Gasteiger partial charge in [0.25, 0.3) is 0 Å². The van der Waals surface area contributed by atoms with Gasteiger partial charge in [-0.05, 0) is 41.5 Å². The predicted molar refractivity (Wildman–Crippen MR) is 87.8 cm³/mol. The van der Waals surface area contributed by atoms with Crippen molar-refractivity contribution < 1.29 is 9.90 Å². The molecule has 0 spiro atoms. The summed E-state index contributed by atoms with van der Waals surface area (Å²) in [6.45, 7) is -0.137. The topological polar surface area (TPSA) is 101 Å². The molecule has 0 bridgehead atoms. The molecule has 0 unspecified atom stereocenters. The van der Waals surface area contributed by atoms with Gasteiger partial charge in [0, 0.05) is 27.6 Å². The smallest absolute Gasteiger partial charge is 0.229 e. The van der Waals surface area contributed by atoms with E-state index in [4.69, 9.17) is 5.73 Å². The number of aliphatic hydroxyl groups excluding tert-OH is 1. The van der Waals surface area contributed by atoms with Gasteiger partial charge in [-0.3, -0.25) is 9.78 Å². The number of carbonyl (C=O) groups excluding carboxylic acids is 1. The molecule has 0 atom stereocenters. The van der Waals surface area contributed by atoms with Gasteiger partial charge in [0.1, 0.15) is 5.82 Å². The maximum Gasteiger partial charge on any atom is 0.229 e. The lowest BCUT2D eigenvalue weighted by Gasteiger charge is -2.14. The molecule has 1 amide bonds. The molecule has 2 heterocycles. The third-order valence-corrected chi connectivity index (χ3v) is 5.20. The van der Waals surface area contributed by atoms with Crippen LogP contribution in [0.25, 0.3) is 10.8 Å². The molecule has 1 saturated carbocycles. The average molecular weight is 398 g/mol. The molecular weight excluding hydrogens is 383 g/mol. The first kappa shape index (κ1) is 14.5. The van der Waals surface area contributed by atoms with Crippen LogP contribution in [0.1, 0.15) is 24.2 Å². The summed E-state index contributed by atoms with van der Waals surface area (Å²) in [4.78, 5) is 20.5. The number of carbonyl (C=O) groups is 1. The summed E-state index contributed by atoms with van der Waals surface area (Å²) in [5, 5.41) is 14.2. The Morgan fingerprint density at radius 2 is 2.24 bits per heavy atom. The van der Waals surface area contributed by atoms with E-state index >= 15 is 0 Å². The van der Waals surface area contributed by atoms with Crippen LogP contribution >= 0.6 is 22.6 Å². The number of nitrogens with two attached hydrogens (primary N) is 1. The molecule has 0 aliphatic heterocycles. The Bertz CT molecular complexity index is 743. The SMILES string of the molecule is CNc1nc(CO)c(I)c2cc(C3(C(N)=O)CC3)ncc12. The van der Waals surface area contributed by atoms with Crippen LogP contribution in [0, 0.1) is 3.57 Å². The lowest BCUT2D eigenvalue weighted by molar-refractivity contribution is -0.120. The van der Waals surface area contributed by atoms with Crippen LogP contribution in [-0.2, 0) is 16.8 Å². The molecule has 2 aromatic rings. The number of hydrogen-bond donors (Lipinski definition) is 3. The van der Waals surface area contributed by atoms with E-state index in [1.165, 1.54) is 0 Å². The van der Waals surface area contributed by atoms with Crippen LogP contribution in [0.2, 0.25) is 0 Å². The normalized spacial score (nSPS) is 16.0. The number of rotatable bonds is 4. The monoisotopic (exact) mass is 398 g/mol. The van der Waals surface area contributed by atoms with Crippen LogP contribution in [0.4, 0.5) is 5.82 Å². The first-order chi connectivity index (χ1) is 10.0. The molecule has 6 nitrogen and oxygen atoms in total. The van der Waals surface area contributed by atoms with Crippen molar-refractivity contribution in [2.75, 3.05) is 12.4 Å². The highest BCUT2D eigenvalue weighted by Crippen LogP contribution is 2.47. The van der Waals surface area contributed by atoms with Crippen molar-refractivity contribution in [1.82, 2.24) is 9.97 Å². The van der Waals surface area contributed by atoms with Crippen LogP contribution in [0.15, 0.2) is 12.3 Å². The van der Waals surface area contributed by atoms with E-state index in [1.54, 1.807) is 13.2 Å². The zero-order valence-corrected chi connectivity index (χ0v) is 13.6. The number of anilines is 1. The van der Waals surface area contributed by atoms with E-state index < -0.39 is 5.41 Å².